The van der Waals surface area contributed by atoms with Crippen LogP contribution in [0.25, 0.3) is 0 Å². The minimum absolute atomic E-state index is 0.0644. The van der Waals surface area contributed by atoms with Crippen molar-refractivity contribution in [2.24, 2.45) is 0 Å². The molecule has 25 heavy (non-hydrogen) atoms. The van der Waals surface area contributed by atoms with Crippen LogP contribution in [-0.4, -0.2) is 17.6 Å². The smallest absolute Gasteiger partial charge is 0.269 e. The van der Waals surface area contributed by atoms with Gasteiger partial charge in [0.2, 0.25) is 5.91 Å². The van der Waals surface area contributed by atoms with Crippen molar-refractivity contribution in [3.05, 3.63) is 65.2 Å². The van der Waals surface area contributed by atoms with Crippen molar-refractivity contribution in [1.82, 2.24) is 10.9 Å². The van der Waals surface area contributed by atoms with E-state index in [0.29, 0.717) is 5.56 Å². The lowest BCUT2D eigenvalue weighted by Gasteiger charge is -2.20. The lowest BCUT2D eigenvalue weighted by atomic mass is 9.87. The maximum Gasteiger partial charge on any atom is 0.269 e. The van der Waals surface area contributed by atoms with Crippen molar-refractivity contribution >= 4 is 23.6 Å². The predicted molar refractivity (Wildman–Crippen MR) is 103 cm³/mol. The van der Waals surface area contributed by atoms with Crippen LogP contribution in [0, 0.1) is 6.92 Å². The molecule has 2 amide bonds. The number of carbonyl (C=O) groups excluding carboxylic acids is 2. The van der Waals surface area contributed by atoms with Gasteiger partial charge in [0.05, 0.1) is 5.75 Å². The van der Waals surface area contributed by atoms with Gasteiger partial charge in [-0.2, -0.15) is 0 Å². The maximum atomic E-state index is 12.0. The van der Waals surface area contributed by atoms with E-state index in [1.807, 2.05) is 13.0 Å². The summed E-state index contributed by atoms with van der Waals surface area (Å²) in [6.45, 7) is 8.53. The predicted octanol–water partition coefficient (Wildman–Crippen LogP) is 3.85. The number of thioether (sulfide) groups is 1. The van der Waals surface area contributed by atoms with Crippen LogP contribution in [0.2, 0.25) is 0 Å². The van der Waals surface area contributed by atoms with E-state index in [9.17, 15) is 9.59 Å². The molecular formula is C20H24N2O2S. The Balaban J connectivity index is 1.89. The minimum atomic E-state index is -0.329. The van der Waals surface area contributed by atoms with Gasteiger partial charge in [0.1, 0.15) is 0 Å². The van der Waals surface area contributed by atoms with E-state index in [-0.39, 0.29) is 23.0 Å². The monoisotopic (exact) mass is 356 g/mol. The van der Waals surface area contributed by atoms with Crippen LogP contribution in [0.5, 0.6) is 0 Å². The Hall–Kier alpha value is -2.27. The Kier molecular flexibility index (Phi) is 6.26. The fourth-order valence-electron chi connectivity index (χ4n) is 2.19. The summed E-state index contributed by atoms with van der Waals surface area (Å²) in [5, 5.41) is 0. The Bertz CT molecular complexity index is 752. The van der Waals surface area contributed by atoms with Gasteiger partial charge in [-0.05, 0) is 41.7 Å². The average molecular weight is 356 g/mol. The van der Waals surface area contributed by atoms with Crippen LogP contribution >= 0.6 is 11.8 Å². The summed E-state index contributed by atoms with van der Waals surface area (Å²) in [6, 6.07) is 15.1. The third kappa shape index (κ3) is 5.64. The van der Waals surface area contributed by atoms with Crippen LogP contribution in [0.1, 0.15) is 42.3 Å². The van der Waals surface area contributed by atoms with Crippen LogP contribution in [0.15, 0.2) is 53.4 Å². The molecular weight excluding hydrogens is 332 g/mol. The van der Waals surface area contributed by atoms with Crippen molar-refractivity contribution < 1.29 is 9.59 Å². The van der Waals surface area contributed by atoms with Crippen molar-refractivity contribution in [3.63, 3.8) is 0 Å². The number of rotatable bonds is 4. The highest BCUT2D eigenvalue weighted by molar-refractivity contribution is 8.00. The number of benzene rings is 2. The normalized spacial score (nSPS) is 11.0. The number of hydrogen-bond acceptors (Lipinski definition) is 3. The maximum absolute atomic E-state index is 12.0. The molecule has 0 bridgehead atoms. The summed E-state index contributed by atoms with van der Waals surface area (Å²) >= 11 is 1.47. The summed E-state index contributed by atoms with van der Waals surface area (Å²) < 4.78 is 0. The molecule has 2 rings (SSSR count). The number of amides is 2. The van der Waals surface area contributed by atoms with Crippen LogP contribution in [-0.2, 0) is 10.2 Å². The topological polar surface area (TPSA) is 58.2 Å². The summed E-state index contributed by atoms with van der Waals surface area (Å²) in [6.07, 6.45) is 0. The van der Waals surface area contributed by atoms with Gasteiger partial charge in [-0.1, -0.05) is 51.1 Å². The van der Waals surface area contributed by atoms with Crippen LogP contribution in [0.3, 0.4) is 0 Å². The molecule has 0 fully saturated rings. The largest absolute Gasteiger partial charge is 0.272 e. The highest BCUT2D eigenvalue weighted by Crippen LogP contribution is 2.29. The minimum Gasteiger partial charge on any atom is -0.272 e. The number of nitrogens with one attached hydrogen (secondary N) is 2. The lowest BCUT2D eigenvalue weighted by molar-refractivity contribution is -0.119. The number of hydrazine groups is 1. The van der Waals surface area contributed by atoms with Crippen molar-refractivity contribution in [2.45, 2.75) is 38.0 Å². The first kappa shape index (κ1) is 19.1. The number of carbonyl (C=O) groups is 2. The van der Waals surface area contributed by atoms with Crippen LogP contribution < -0.4 is 10.9 Å². The van der Waals surface area contributed by atoms with E-state index in [1.165, 1.54) is 17.3 Å². The van der Waals surface area contributed by atoms with E-state index < -0.39 is 0 Å². The molecule has 4 nitrogen and oxygen atoms in total. The van der Waals surface area contributed by atoms with Gasteiger partial charge in [0.25, 0.3) is 5.91 Å². The summed E-state index contributed by atoms with van der Waals surface area (Å²) in [7, 11) is 0. The molecule has 0 heterocycles. The Labute approximate surface area is 153 Å². The third-order valence-electron chi connectivity index (χ3n) is 3.76. The SMILES string of the molecule is Cc1ccc(C(C)(C)C)cc1SCC(=O)NNC(=O)c1ccccc1. The molecule has 0 aliphatic carbocycles. The lowest BCUT2D eigenvalue weighted by Crippen LogP contribution is -2.42. The fraction of sp³-hybridized carbons (Fsp3) is 0.300. The molecule has 2 aromatic rings. The van der Waals surface area contributed by atoms with Gasteiger partial charge in [-0.25, -0.2) is 0 Å². The van der Waals surface area contributed by atoms with Crippen molar-refractivity contribution in [3.8, 4) is 0 Å². The molecule has 0 radical (unpaired) electrons. The average Bonchev–Trinajstić information content (AvgIpc) is 2.58. The van der Waals surface area contributed by atoms with E-state index in [1.54, 1.807) is 24.3 Å². The molecule has 2 N–H and O–H groups in total. The molecule has 0 atom stereocenters. The van der Waals surface area contributed by atoms with Crippen LogP contribution in [0.4, 0.5) is 0 Å². The van der Waals surface area contributed by atoms with Gasteiger partial charge in [-0.15, -0.1) is 11.8 Å². The van der Waals surface area contributed by atoms with Gasteiger partial charge in [-0.3, -0.25) is 20.4 Å². The first-order valence-corrected chi connectivity index (χ1v) is 9.14. The molecule has 132 valence electrons. The second-order valence-electron chi connectivity index (χ2n) is 6.89. The quantitative estimate of drug-likeness (QED) is 0.646. The fourth-order valence-corrected chi connectivity index (χ4v) is 3.05. The third-order valence-corrected chi connectivity index (χ3v) is 4.92. The Morgan fingerprint density at radius 3 is 2.32 bits per heavy atom. The van der Waals surface area contributed by atoms with Gasteiger partial charge >= 0.3 is 0 Å². The van der Waals surface area contributed by atoms with E-state index >= 15 is 0 Å². The molecule has 0 unspecified atom stereocenters. The molecule has 0 aromatic heterocycles. The Morgan fingerprint density at radius 2 is 1.68 bits per heavy atom. The molecule has 2 aromatic carbocycles. The molecule has 0 saturated carbocycles. The second-order valence-corrected chi connectivity index (χ2v) is 7.90. The highest BCUT2D eigenvalue weighted by Gasteiger charge is 2.15. The first-order chi connectivity index (χ1) is 11.8. The first-order valence-electron chi connectivity index (χ1n) is 8.15. The van der Waals surface area contributed by atoms with E-state index in [0.717, 1.165) is 10.5 Å². The standard InChI is InChI=1S/C20H24N2O2S/c1-14-10-11-16(20(2,3)4)12-17(14)25-13-18(23)21-22-19(24)15-8-6-5-7-9-15/h5-12H,13H2,1-4H3,(H,21,23)(H,22,24). The zero-order valence-corrected chi connectivity index (χ0v) is 15.9. The highest BCUT2D eigenvalue weighted by atomic mass is 32.2. The molecule has 0 saturated heterocycles. The molecule has 0 aliphatic rings. The molecule has 0 spiro atoms. The summed E-state index contributed by atoms with van der Waals surface area (Å²) in [5.74, 6) is -0.330. The number of aryl methyl sites for hydroxylation is 1. The number of hydrogen-bond donors (Lipinski definition) is 2. The zero-order chi connectivity index (χ0) is 18.4. The molecule has 0 aliphatic heterocycles. The second kappa shape index (κ2) is 8.21. The molecule has 5 heteroatoms. The van der Waals surface area contributed by atoms with E-state index in [2.05, 4.69) is 49.8 Å². The summed E-state index contributed by atoms with van der Waals surface area (Å²) in [5.41, 5.74) is 7.83. The van der Waals surface area contributed by atoms with Crippen molar-refractivity contribution in [2.75, 3.05) is 5.75 Å². The van der Waals surface area contributed by atoms with Gasteiger partial charge < -0.3 is 0 Å². The van der Waals surface area contributed by atoms with Gasteiger partial charge in [0.15, 0.2) is 0 Å². The van der Waals surface area contributed by atoms with E-state index in [4.69, 9.17) is 0 Å². The summed E-state index contributed by atoms with van der Waals surface area (Å²) in [4.78, 5) is 25.0. The zero-order valence-electron chi connectivity index (χ0n) is 15.1. The van der Waals surface area contributed by atoms with Gasteiger partial charge in [0, 0.05) is 10.5 Å². The Morgan fingerprint density at radius 1 is 1.00 bits per heavy atom. The van der Waals surface area contributed by atoms with Crippen molar-refractivity contribution in [1.29, 1.82) is 0 Å².